The zero-order chi connectivity index (χ0) is 13.7. The van der Waals surface area contributed by atoms with Gasteiger partial charge in [-0.25, -0.2) is 0 Å². The predicted molar refractivity (Wildman–Crippen MR) is 66.7 cm³/mol. The molecule has 0 N–H and O–H groups in total. The van der Waals surface area contributed by atoms with Gasteiger partial charge in [0.1, 0.15) is 17.2 Å². The third-order valence-corrected chi connectivity index (χ3v) is 2.81. The summed E-state index contributed by atoms with van der Waals surface area (Å²) in [4.78, 5) is 11.5. The Morgan fingerprint density at radius 2 is 1.56 bits per heavy atom. The van der Waals surface area contributed by atoms with E-state index >= 15 is 0 Å². The van der Waals surface area contributed by atoms with Gasteiger partial charge >= 0.3 is 5.97 Å². The fraction of sp³-hybridized carbons (Fsp3) is 0.417. The molecule has 1 unspecified atom stereocenters. The van der Waals surface area contributed by atoms with Crippen LogP contribution in [0.15, 0.2) is 12.1 Å². The Hall–Kier alpha value is -1.62. The molecule has 0 radical (unpaired) electrons. The van der Waals surface area contributed by atoms with E-state index in [-0.39, 0.29) is 0 Å². The Morgan fingerprint density at radius 3 is 1.89 bits per heavy atom. The van der Waals surface area contributed by atoms with E-state index in [1.54, 1.807) is 12.1 Å². The van der Waals surface area contributed by atoms with Crippen LogP contribution in [0.2, 0.25) is 0 Å². The first kappa shape index (κ1) is 14.4. The van der Waals surface area contributed by atoms with Gasteiger partial charge in [0, 0.05) is 12.1 Å². The highest BCUT2D eigenvalue weighted by molar-refractivity contribution is 6.30. The van der Waals surface area contributed by atoms with Gasteiger partial charge in [-0.3, -0.25) is 4.79 Å². The van der Waals surface area contributed by atoms with Crippen LogP contribution in [0.5, 0.6) is 17.2 Å². The molecule has 0 aliphatic carbocycles. The van der Waals surface area contributed by atoms with E-state index in [0.29, 0.717) is 22.8 Å². The molecule has 1 rings (SSSR count). The standard InChI is InChI=1S/C12H15ClO5/c1-15-7-5-8(16-2)10(9(6-7)17-3)11(13)12(14)18-4/h5-6,11H,1-4H3. The van der Waals surface area contributed by atoms with Gasteiger partial charge in [-0.2, -0.15) is 0 Å². The van der Waals surface area contributed by atoms with Gasteiger partial charge < -0.3 is 18.9 Å². The third kappa shape index (κ3) is 2.79. The maximum absolute atomic E-state index is 11.5. The van der Waals surface area contributed by atoms with E-state index in [1.807, 2.05) is 0 Å². The zero-order valence-corrected chi connectivity index (χ0v) is 11.4. The molecule has 0 spiro atoms. The second-order valence-corrected chi connectivity index (χ2v) is 3.77. The molecule has 0 aliphatic heterocycles. The molecule has 0 saturated heterocycles. The van der Waals surface area contributed by atoms with E-state index in [1.165, 1.54) is 28.4 Å². The number of carbonyl (C=O) groups is 1. The van der Waals surface area contributed by atoms with Gasteiger partial charge in [0.25, 0.3) is 0 Å². The Bertz CT molecular complexity index is 407. The predicted octanol–water partition coefficient (Wildman–Crippen LogP) is 2.17. The van der Waals surface area contributed by atoms with Crippen molar-refractivity contribution in [2.45, 2.75) is 5.38 Å². The molecule has 0 saturated carbocycles. The highest BCUT2D eigenvalue weighted by atomic mass is 35.5. The van der Waals surface area contributed by atoms with Gasteiger partial charge in [-0.15, -0.1) is 11.6 Å². The van der Waals surface area contributed by atoms with Crippen LogP contribution < -0.4 is 14.2 Å². The Labute approximate surface area is 111 Å². The monoisotopic (exact) mass is 274 g/mol. The Kier molecular flexibility index (Phi) is 5.09. The van der Waals surface area contributed by atoms with Gasteiger partial charge in [0.05, 0.1) is 34.0 Å². The lowest BCUT2D eigenvalue weighted by Crippen LogP contribution is -2.11. The summed E-state index contributed by atoms with van der Waals surface area (Å²) >= 11 is 6.04. The van der Waals surface area contributed by atoms with Crippen LogP contribution in [0.3, 0.4) is 0 Å². The lowest BCUT2D eigenvalue weighted by atomic mass is 10.1. The van der Waals surface area contributed by atoms with Gasteiger partial charge in [0.15, 0.2) is 5.38 Å². The summed E-state index contributed by atoms with van der Waals surface area (Å²) in [7, 11) is 5.73. The van der Waals surface area contributed by atoms with Crippen molar-refractivity contribution in [3.63, 3.8) is 0 Å². The topological polar surface area (TPSA) is 54.0 Å². The van der Waals surface area contributed by atoms with Crippen molar-refractivity contribution in [2.24, 2.45) is 0 Å². The minimum absolute atomic E-state index is 0.400. The number of methoxy groups -OCH3 is 4. The van der Waals surface area contributed by atoms with Crippen LogP contribution in [0, 0.1) is 0 Å². The van der Waals surface area contributed by atoms with Crippen LogP contribution in [-0.2, 0) is 9.53 Å². The molecule has 100 valence electrons. The number of esters is 1. The molecule has 0 fully saturated rings. The largest absolute Gasteiger partial charge is 0.496 e. The summed E-state index contributed by atoms with van der Waals surface area (Å²) in [6.45, 7) is 0. The molecule has 5 nitrogen and oxygen atoms in total. The van der Waals surface area contributed by atoms with Crippen LogP contribution in [-0.4, -0.2) is 34.4 Å². The first-order chi connectivity index (χ1) is 8.58. The number of alkyl halides is 1. The Balaban J connectivity index is 3.35. The van der Waals surface area contributed by atoms with E-state index < -0.39 is 11.3 Å². The van der Waals surface area contributed by atoms with E-state index in [2.05, 4.69) is 4.74 Å². The normalized spacial score (nSPS) is 11.6. The lowest BCUT2D eigenvalue weighted by molar-refractivity contribution is -0.140. The molecule has 0 amide bonds. The maximum Gasteiger partial charge on any atom is 0.328 e. The summed E-state index contributed by atoms with van der Waals surface area (Å²) in [5.74, 6) is 0.757. The zero-order valence-electron chi connectivity index (χ0n) is 10.7. The SMILES string of the molecule is COC(=O)C(Cl)c1c(OC)cc(OC)cc1OC. The summed E-state index contributed by atoms with van der Waals surface area (Å²) in [6, 6.07) is 3.24. The second kappa shape index (κ2) is 6.35. The highest BCUT2D eigenvalue weighted by Crippen LogP contribution is 2.41. The van der Waals surface area contributed by atoms with Crippen molar-refractivity contribution >= 4 is 17.6 Å². The smallest absolute Gasteiger partial charge is 0.328 e. The van der Waals surface area contributed by atoms with Crippen LogP contribution in [0.4, 0.5) is 0 Å². The molecule has 1 aromatic carbocycles. The van der Waals surface area contributed by atoms with Crippen molar-refractivity contribution in [1.82, 2.24) is 0 Å². The molecule has 0 heterocycles. The number of ether oxygens (including phenoxy) is 4. The molecule has 6 heteroatoms. The summed E-state index contributed by atoms with van der Waals surface area (Å²) in [5, 5.41) is -1.01. The maximum atomic E-state index is 11.5. The first-order valence-electron chi connectivity index (χ1n) is 5.10. The molecule has 1 aromatic rings. The average Bonchev–Trinajstić information content (AvgIpc) is 2.43. The van der Waals surface area contributed by atoms with Crippen LogP contribution in [0.1, 0.15) is 10.9 Å². The molecule has 0 aliphatic rings. The van der Waals surface area contributed by atoms with Gasteiger partial charge in [0.2, 0.25) is 0 Å². The molecular weight excluding hydrogens is 260 g/mol. The van der Waals surface area contributed by atoms with E-state index in [0.717, 1.165) is 0 Å². The van der Waals surface area contributed by atoms with Crippen LogP contribution in [0.25, 0.3) is 0 Å². The quantitative estimate of drug-likeness (QED) is 0.608. The summed E-state index contributed by atoms with van der Waals surface area (Å²) < 4.78 is 20.1. The summed E-state index contributed by atoms with van der Waals surface area (Å²) in [6.07, 6.45) is 0. The van der Waals surface area contributed by atoms with Crippen molar-refractivity contribution in [2.75, 3.05) is 28.4 Å². The molecule has 0 aromatic heterocycles. The highest BCUT2D eigenvalue weighted by Gasteiger charge is 2.27. The Morgan fingerprint density at radius 1 is 1.06 bits per heavy atom. The third-order valence-electron chi connectivity index (χ3n) is 2.41. The number of rotatable bonds is 5. The van der Waals surface area contributed by atoms with Crippen molar-refractivity contribution in [1.29, 1.82) is 0 Å². The molecule has 0 bridgehead atoms. The van der Waals surface area contributed by atoms with Gasteiger partial charge in [-0.1, -0.05) is 0 Å². The number of benzene rings is 1. The molecule has 1 atom stereocenters. The van der Waals surface area contributed by atoms with Crippen molar-refractivity contribution in [3.05, 3.63) is 17.7 Å². The first-order valence-corrected chi connectivity index (χ1v) is 5.54. The fourth-order valence-electron chi connectivity index (χ4n) is 1.50. The van der Waals surface area contributed by atoms with Crippen LogP contribution >= 0.6 is 11.6 Å². The number of hydrogen-bond donors (Lipinski definition) is 0. The minimum atomic E-state index is -1.01. The number of hydrogen-bond acceptors (Lipinski definition) is 5. The number of carbonyl (C=O) groups excluding carboxylic acids is 1. The molecule has 18 heavy (non-hydrogen) atoms. The van der Waals surface area contributed by atoms with Gasteiger partial charge in [-0.05, 0) is 0 Å². The summed E-state index contributed by atoms with van der Waals surface area (Å²) in [5.41, 5.74) is 0.411. The number of halogens is 1. The second-order valence-electron chi connectivity index (χ2n) is 3.33. The van der Waals surface area contributed by atoms with Crippen molar-refractivity contribution in [3.8, 4) is 17.2 Å². The molecular formula is C12H15ClO5. The fourth-order valence-corrected chi connectivity index (χ4v) is 1.81. The van der Waals surface area contributed by atoms with E-state index in [9.17, 15) is 4.79 Å². The minimum Gasteiger partial charge on any atom is -0.496 e. The lowest BCUT2D eigenvalue weighted by Gasteiger charge is -2.17. The van der Waals surface area contributed by atoms with E-state index in [4.69, 9.17) is 25.8 Å². The average molecular weight is 275 g/mol. The van der Waals surface area contributed by atoms with Crippen molar-refractivity contribution < 1.29 is 23.7 Å².